The molecule has 0 aliphatic rings. The number of hydrogen-bond acceptors (Lipinski definition) is 5. The second-order valence-corrected chi connectivity index (χ2v) is 14.0. The monoisotopic (exact) mass is 593 g/mol. The Bertz CT molecular complexity index is 975. The summed E-state index contributed by atoms with van der Waals surface area (Å²) in [6, 6.07) is 8.77. The molecule has 234 valence electrons. The number of unbranched alkanes of at least 4 members (excludes halogenated alkanes) is 15. The van der Waals surface area contributed by atoms with Crippen molar-refractivity contribution in [3.63, 3.8) is 0 Å². The maximum absolute atomic E-state index is 11.9. The Morgan fingerprint density at radius 1 is 0.732 bits per heavy atom. The fourth-order valence-electron chi connectivity index (χ4n) is 4.88. The first kappa shape index (κ1) is 35.6. The third kappa shape index (κ3) is 18.6. The summed E-state index contributed by atoms with van der Waals surface area (Å²) in [6.45, 7) is 1.18. The lowest BCUT2D eigenvalue weighted by atomic mass is 10.0. The highest BCUT2D eigenvalue weighted by Gasteiger charge is 2.22. The molecule has 9 heteroatoms. The second kappa shape index (κ2) is 20.4. The van der Waals surface area contributed by atoms with Crippen molar-refractivity contribution in [2.45, 2.75) is 109 Å². The van der Waals surface area contributed by atoms with Gasteiger partial charge < -0.3 is 9.38 Å². The summed E-state index contributed by atoms with van der Waals surface area (Å²) >= 11 is 0. The van der Waals surface area contributed by atoms with Gasteiger partial charge in [-0.15, -0.1) is 5.10 Å². The van der Waals surface area contributed by atoms with Gasteiger partial charge in [-0.2, -0.15) is 0 Å². The van der Waals surface area contributed by atoms with E-state index in [1.54, 1.807) is 4.68 Å². The first-order valence-corrected chi connectivity index (χ1v) is 17.5. The number of rotatable bonds is 25. The Hall–Kier alpha value is -1.57. The van der Waals surface area contributed by atoms with Crippen LogP contribution in [0.3, 0.4) is 0 Å². The molecule has 1 aromatic heterocycles. The van der Waals surface area contributed by atoms with Gasteiger partial charge in [0.15, 0.2) is 0 Å². The van der Waals surface area contributed by atoms with Crippen LogP contribution >= 0.6 is 7.82 Å². The van der Waals surface area contributed by atoms with E-state index in [-0.39, 0.29) is 6.61 Å². The molecular formula is C32H58N4O4P+. The van der Waals surface area contributed by atoms with Crippen molar-refractivity contribution in [2.75, 3.05) is 40.9 Å². The van der Waals surface area contributed by atoms with E-state index < -0.39 is 7.82 Å². The maximum atomic E-state index is 11.9. The predicted molar refractivity (Wildman–Crippen MR) is 169 cm³/mol. The molecule has 0 spiro atoms. The van der Waals surface area contributed by atoms with E-state index in [1.807, 2.05) is 34.4 Å². The normalized spacial score (nSPS) is 13.5. The van der Waals surface area contributed by atoms with Gasteiger partial charge in [-0.25, -0.2) is 4.57 Å². The van der Waals surface area contributed by atoms with Crippen molar-refractivity contribution in [3.05, 3.63) is 36.0 Å². The Labute approximate surface area is 250 Å². The molecule has 2 rings (SSSR count). The minimum atomic E-state index is -3.90. The lowest BCUT2D eigenvalue weighted by molar-refractivity contribution is -0.870. The van der Waals surface area contributed by atoms with Crippen molar-refractivity contribution in [2.24, 2.45) is 7.05 Å². The van der Waals surface area contributed by atoms with E-state index >= 15 is 0 Å². The molecule has 0 radical (unpaired) electrons. The topological polar surface area (TPSA) is 86.5 Å². The Kier molecular flexibility index (Phi) is 17.7. The summed E-state index contributed by atoms with van der Waals surface area (Å²) in [4.78, 5) is 9.72. The van der Waals surface area contributed by atoms with Gasteiger partial charge in [0, 0.05) is 12.6 Å². The molecule has 0 aliphatic carbocycles. The molecule has 2 aromatic rings. The van der Waals surface area contributed by atoms with Crippen molar-refractivity contribution >= 4 is 7.82 Å². The quantitative estimate of drug-likeness (QED) is 0.0711. The fourth-order valence-corrected chi connectivity index (χ4v) is 5.62. The number of nitrogens with zero attached hydrogens (tertiary/aromatic N) is 4. The van der Waals surface area contributed by atoms with E-state index in [9.17, 15) is 9.46 Å². The number of aryl methyl sites for hydroxylation is 2. The van der Waals surface area contributed by atoms with Gasteiger partial charge in [0.2, 0.25) is 0 Å². The SMILES string of the molecule is Cn1cc(-c2ccc(CCCCCCCCCCCCCCCCCCOP(=O)(O)OCC[N+](C)(C)C)cc2)nn1. The number of phosphoric acid groups is 1. The van der Waals surface area contributed by atoms with Crippen LogP contribution in [-0.4, -0.2) is 65.3 Å². The molecule has 0 saturated heterocycles. The zero-order valence-corrected chi connectivity index (χ0v) is 27.3. The molecule has 1 N–H and O–H groups in total. The Balaban J connectivity index is 1.29. The van der Waals surface area contributed by atoms with E-state index in [0.29, 0.717) is 17.6 Å². The molecule has 1 aromatic carbocycles. The summed E-state index contributed by atoms with van der Waals surface area (Å²) in [6.07, 6.45) is 23.5. The van der Waals surface area contributed by atoms with E-state index in [0.717, 1.165) is 36.9 Å². The molecule has 1 heterocycles. The molecule has 0 bridgehead atoms. The van der Waals surface area contributed by atoms with Crippen LogP contribution in [-0.2, 0) is 27.1 Å². The van der Waals surface area contributed by atoms with Gasteiger partial charge in [0.05, 0.1) is 33.9 Å². The largest absolute Gasteiger partial charge is 0.472 e. The third-order valence-corrected chi connectivity index (χ3v) is 8.50. The summed E-state index contributed by atoms with van der Waals surface area (Å²) in [5, 5.41) is 8.19. The van der Waals surface area contributed by atoms with E-state index in [2.05, 4.69) is 34.6 Å². The van der Waals surface area contributed by atoms with Crippen LogP contribution in [0.15, 0.2) is 30.5 Å². The first-order valence-electron chi connectivity index (χ1n) is 16.0. The zero-order valence-electron chi connectivity index (χ0n) is 26.4. The predicted octanol–water partition coefficient (Wildman–Crippen LogP) is 8.11. The minimum Gasteiger partial charge on any atom is -0.329 e. The number of benzene rings is 1. The lowest BCUT2D eigenvalue weighted by Crippen LogP contribution is -2.37. The van der Waals surface area contributed by atoms with Crippen molar-refractivity contribution in [1.82, 2.24) is 15.0 Å². The minimum absolute atomic E-state index is 0.224. The molecule has 8 nitrogen and oxygen atoms in total. The van der Waals surface area contributed by atoms with Crippen LogP contribution in [0.4, 0.5) is 0 Å². The summed E-state index contributed by atoms with van der Waals surface area (Å²) in [5.74, 6) is 0. The van der Waals surface area contributed by atoms with Gasteiger partial charge >= 0.3 is 7.82 Å². The third-order valence-electron chi connectivity index (χ3n) is 7.48. The van der Waals surface area contributed by atoms with Crippen LogP contribution in [0.1, 0.15) is 108 Å². The number of hydrogen-bond donors (Lipinski definition) is 1. The van der Waals surface area contributed by atoms with Gasteiger partial charge in [-0.1, -0.05) is 119 Å². The maximum Gasteiger partial charge on any atom is 0.472 e. The molecule has 41 heavy (non-hydrogen) atoms. The fraction of sp³-hybridized carbons (Fsp3) is 0.750. The van der Waals surface area contributed by atoms with Crippen LogP contribution in [0.25, 0.3) is 11.3 Å². The van der Waals surface area contributed by atoms with E-state index in [1.165, 1.54) is 89.0 Å². The highest BCUT2D eigenvalue weighted by molar-refractivity contribution is 7.47. The van der Waals surface area contributed by atoms with Crippen LogP contribution in [0.2, 0.25) is 0 Å². The number of aromatic nitrogens is 3. The zero-order chi connectivity index (χ0) is 29.8. The smallest absolute Gasteiger partial charge is 0.329 e. The lowest BCUT2D eigenvalue weighted by Gasteiger charge is -2.24. The van der Waals surface area contributed by atoms with E-state index in [4.69, 9.17) is 9.05 Å². The summed E-state index contributed by atoms with van der Waals surface area (Å²) in [5.41, 5.74) is 3.48. The number of quaternary nitrogens is 1. The Morgan fingerprint density at radius 2 is 1.20 bits per heavy atom. The molecule has 0 fully saturated rings. The number of phosphoric ester groups is 1. The first-order chi connectivity index (χ1) is 19.6. The average molecular weight is 594 g/mol. The average Bonchev–Trinajstić information content (AvgIpc) is 3.35. The molecule has 0 amide bonds. The molecule has 0 aliphatic heterocycles. The molecule has 1 atom stereocenters. The van der Waals surface area contributed by atoms with Gasteiger partial charge in [-0.3, -0.25) is 13.7 Å². The van der Waals surface area contributed by atoms with Crippen LogP contribution in [0.5, 0.6) is 0 Å². The Morgan fingerprint density at radius 3 is 1.66 bits per heavy atom. The molecule has 1 unspecified atom stereocenters. The molecular weight excluding hydrogens is 535 g/mol. The molecule has 0 saturated carbocycles. The summed E-state index contributed by atoms with van der Waals surface area (Å²) < 4.78 is 24.4. The standard InChI is InChI=1S/C32H57N4O4P/c1-35-29-32(33-34-35)31-24-22-30(23-25-31)21-19-17-15-13-11-9-7-5-6-8-10-12-14-16-18-20-27-39-41(37,38)40-28-26-36(2,3)4/h22-25,29H,5-21,26-28H2,1-4H3/p+1. The highest BCUT2D eigenvalue weighted by atomic mass is 31.2. The van der Waals surface area contributed by atoms with Gasteiger partial charge in [0.25, 0.3) is 0 Å². The van der Waals surface area contributed by atoms with Crippen LogP contribution in [0, 0.1) is 0 Å². The van der Waals surface area contributed by atoms with Crippen LogP contribution < -0.4 is 0 Å². The van der Waals surface area contributed by atoms with Gasteiger partial charge in [-0.05, 0) is 24.8 Å². The number of likely N-dealkylation sites (N-methyl/N-ethyl adjacent to an activating group) is 1. The summed E-state index contributed by atoms with van der Waals surface area (Å²) in [7, 11) is 4.04. The van der Waals surface area contributed by atoms with Crippen molar-refractivity contribution in [1.29, 1.82) is 0 Å². The highest BCUT2D eigenvalue weighted by Crippen LogP contribution is 2.43. The second-order valence-electron chi connectivity index (χ2n) is 12.5. The van der Waals surface area contributed by atoms with Crippen molar-refractivity contribution in [3.8, 4) is 11.3 Å². The van der Waals surface area contributed by atoms with Gasteiger partial charge in [0.1, 0.15) is 18.8 Å². The van der Waals surface area contributed by atoms with Crippen molar-refractivity contribution < 1.29 is 23.0 Å².